The van der Waals surface area contributed by atoms with E-state index in [2.05, 4.69) is 0 Å². The fourth-order valence-electron chi connectivity index (χ4n) is 3.29. The second-order valence-electron chi connectivity index (χ2n) is 6.66. The van der Waals surface area contributed by atoms with E-state index in [-0.39, 0.29) is 17.9 Å². The van der Waals surface area contributed by atoms with Crippen molar-refractivity contribution in [2.24, 2.45) is 0 Å². The maximum absolute atomic E-state index is 13.3. The maximum Gasteiger partial charge on any atom is 0.282 e. The Hall–Kier alpha value is -3.47. The molecule has 0 radical (unpaired) electrons. The molecule has 3 rings (SSSR count). The molecule has 1 atom stereocenters. The molecule has 0 saturated heterocycles. The Labute approximate surface area is 182 Å². The Balaban J connectivity index is 2.26. The molecule has 0 bridgehead atoms. The molecule has 1 aliphatic heterocycles. The largest absolute Gasteiger partial charge is 0.493 e. The van der Waals surface area contributed by atoms with Crippen LogP contribution in [0, 0.1) is 10.1 Å². The Bertz CT molecular complexity index is 1330. The van der Waals surface area contributed by atoms with Gasteiger partial charge >= 0.3 is 0 Å². The normalized spacial score (nSPS) is 15.7. The van der Waals surface area contributed by atoms with Crippen LogP contribution in [0.15, 0.2) is 36.3 Å². The van der Waals surface area contributed by atoms with E-state index in [0.29, 0.717) is 10.6 Å². The van der Waals surface area contributed by atoms with Crippen LogP contribution in [0.3, 0.4) is 0 Å². The summed E-state index contributed by atoms with van der Waals surface area (Å²) in [5.74, 6) is -2.58. The summed E-state index contributed by atoms with van der Waals surface area (Å²) in [6.45, 7) is 1.94. The third kappa shape index (κ3) is 4.22. The third-order valence-corrected chi connectivity index (χ3v) is 5.47. The van der Waals surface area contributed by atoms with Crippen molar-refractivity contribution >= 4 is 27.3 Å². The van der Waals surface area contributed by atoms with Crippen LogP contribution in [0.5, 0.6) is 11.5 Å². The molecule has 164 valence electrons. The van der Waals surface area contributed by atoms with Gasteiger partial charge in [0.25, 0.3) is 17.5 Å². The zero-order chi connectivity index (χ0) is 25.5. The van der Waals surface area contributed by atoms with Gasteiger partial charge in [-0.3, -0.25) is 24.6 Å². The minimum absolute atomic E-state index is 0.163. The number of rotatable bonds is 8. The fraction of sp³-hybridized carbons (Fsp3) is 0.300. The molecule has 2 aromatic carbocycles. The van der Waals surface area contributed by atoms with Crippen molar-refractivity contribution in [1.82, 2.24) is 4.90 Å². The topological polar surface area (TPSA) is 133 Å². The molecule has 0 saturated carbocycles. The van der Waals surface area contributed by atoms with Gasteiger partial charge in [0.15, 0.2) is 11.5 Å². The lowest BCUT2D eigenvalue weighted by molar-refractivity contribution is -0.385. The summed E-state index contributed by atoms with van der Waals surface area (Å²) in [5.41, 5.74) is -2.44. The maximum atomic E-state index is 13.3. The van der Waals surface area contributed by atoms with Gasteiger partial charge in [-0.15, -0.1) is 0 Å². The number of benzene rings is 2. The number of sulfone groups is 1. The van der Waals surface area contributed by atoms with Crippen molar-refractivity contribution in [3.63, 3.8) is 0 Å². The second kappa shape index (κ2) is 8.34. The van der Waals surface area contributed by atoms with E-state index < -0.39 is 73.3 Å². The molecule has 0 aromatic heterocycles. The molecule has 31 heavy (non-hydrogen) atoms. The number of methoxy groups -OCH3 is 1. The van der Waals surface area contributed by atoms with Crippen molar-refractivity contribution in [2.45, 2.75) is 13.0 Å². The molecule has 0 unspecified atom stereocenters. The van der Waals surface area contributed by atoms with E-state index in [0.717, 1.165) is 6.26 Å². The molecule has 0 spiro atoms. The van der Waals surface area contributed by atoms with Crippen molar-refractivity contribution in [3.05, 3.63) is 63.1 Å². The number of ether oxygens (including phenoxy) is 2. The average molecular weight is 451 g/mol. The molecule has 1 heterocycles. The van der Waals surface area contributed by atoms with Gasteiger partial charge in [-0.05, 0) is 30.7 Å². The monoisotopic (exact) mass is 451 g/mol. The lowest BCUT2D eigenvalue weighted by Crippen LogP contribution is -2.37. The van der Waals surface area contributed by atoms with Gasteiger partial charge in [0.05, 0.1) is 40.1 Å². The van der Waals surface area contributed by atoms with E-state index >= 15 is 0 Å². The smallest absolute Gasteiger partial charge is 0.282 e. The molecule has 11 heteroatoms. The highest BCUT2D eigenvalue weighted by Crippen LogP contribution is 2.38. The first-order chi connectivity index (χ1) is 15.8. The number of hydrogen-bond donors (Lipinski definition) is 0. The number of nitro benzene ring substituents is 1. The number of hydrogen-bond acceptors (Lipinski definition) is 8. The lowest BCUT2D eigenvalue weighted by Gasteiger charge is -2.26. The summed E-state index contributed by atoms with van der Waals surface area (Å²) in [6, 6.07) is 0.127. The molecule has 10 nitrogen and oxygen atoms in total. The summed E-state index contributed by atoms with van der Waals surface area (Å²) in [5, 5.41) is 11.6. The quantitative estimate of drug-likeness (QED) is 0.339. The Morgan fingerprint density at radius 3 is 2.52 bits per heavy atom. The second-order valence-corrected chi connectivity index (χ2v) is 8.85. The van der Waals surface area contributed by atoms with Crippen LogP contribution < -0.4 is 9.47 Å². The molecule has 2 amide bonds. The highest BCUT2D eigenvalue weighted by molar-refractivity contribution is 7.90. The highest BCUT2D eigenvalue weighted by atomic mass is 32.2. The van der Waals surface area contributed by atoms with Gasteiger partial charge in [0, 0.05) is 12.3 Å². The standard InChI is InChI=1S/C20H20N2O8S/c1-4-30-17-10-12(8-9-16(17)29-2)15(11-31(3,27)28)21-19(23)13-6-5-7-14(22(25)26)18(13)20(21)24/h5-10,15H,4,11H2,1-3H3/t15-/m1/s1/i5D,6D,7D. The van der Waals surface area contributed by atoms with Crippen molar-refractivity contribution in [3.8, 4) is 11.5 Å². The number of carbonyl (C=O) groups excluding carboxylic acids is 2. The summed E-state index contributed by atoms with van der Waals surface area (Å²) in [4.78, 5) is 37.6. The zero-order valence-corrected chi connectivity index (χ0v) is 17.6. The molecular formula is C20H20N2O8S. The van der Waals surface area contributed by atoms with Crippen molar-refractivity contribution < 1.29 is 36.5 Å². The minimum atomic E-state index is -3.81. The van der Waals surface area contributed by atoms with Gasteiger partial charge in [-0.2, -0.15) is 0 Å². The zero-order valence-electron chi connectivity index (χ0n) is 19.8. The van der Waals surface area contributed by atoms with Crippen LogP contribution in [-0.4, -0.2) is 55.8 Å². The summed E-state index contributed by atoms with van der Waals surface area (Å²) < 4.78 is 58.9. The van der Waals surface area contributed by atoms with Crippen LogP contribution >= 0.6 is 0 Å². The predicted octanol–water partition coefficient (Wildman–Crippen LogP) is 2.38. The molecular weight excluding hydrogens is 428 g/mol. The first-order valence-electron chi connectivity index (χ1n) is 10.5. The number of nitrogens with zero attached hydrogens (tertiary/aromatic N) is 2. The van der Waals surface area contributed by atoms with Crippen molar-refractivity contribution in [1.29, 1.82) is 0 Å². The van der Waals surface area contributed by atoms with E-state index in [9.17, 15) is 28.1 Å². The van der Waals surface area contributed by atoms with Gasteiger partial charge < -0.3 is 9.47 Å². The van der Waals surface area contributed by atoms with E-state index in [1.54, 1.807) is 6.92 Å². The minimum Gasteiger partial charge on any atom is -0.493 e. The Kier molecular flexibility index (Phi) is 4.93. The molecule has 2 aromatic rings. The van der Waals surface area contributed by atoms with Crippen LogP contribution in [0.1, 0.15) is 43.4 Å². The van der Waals surface area contributed by atoms with E-state index in [1.165, 1.54) is 25.3 Å². The van der Waals surface area contributed by atoms with Crippen LogP contribution in [0.4, 0.5) is 5.69 Å². The number of amides is 2. The average Bonchev–Trinajstić information content (AvgIpc) is 3.00. The summed E-state index contributed by atoms with van der Waals surface area (Å²) in [6.07, 6.45) is 0.896. The van der Waals surface area contributed by atoms with Crippen LogP contribution in [-0.2, 0) is 9.84 Å². The van der Waals surface area contributed by atoms with Gasteiger partial charge in [0.1, 0.15) is 15.4 Å². The van der Waals surface area contributed by atoms with Crippen molar-refractivity contribution in [2.75, 3.05) is 25.7 Å². The molecule has 0 N–H and O–H groups in total. The van der Waals surface area contributed by atoms with E-state index in [1.807, 2.05) is 0 Å². The first-order valence-corrected chi connectivity index (χ1v) is 11.0. The number of imide groups is 1. The van der Waals surface area contributed by atoms with Crippen LogP contribution in [0.25, 0.3) is 0 Å². The van der Waals surface area contributed by atoms with E-state index in [4.69, 9.17) is 13.6 Å². The number of nitro groups is 1. The van der Waals surface area contributed by atoms with Gasteiger partial charge in [-0.1, -0.05) is 12.1 Å². The lowest BCUT2D eigenvalue weighted by atomic mass is 10.1. The Morgan fingerprint density at radius 1 is 1.23 bits per heavy atom. The summed E-state index contributed by atoms with van der Waals surface area (Å²) >= 11 is 0. The Morgan fingerprint density at radius 2 is 1.94 bits per heavy atom. The van der Waals surface area contributed by atoms with Crippen LogP contribution in [0.2, 0.25) is 0 Å². The highest BCUT2D eigenvalue weighted by Gasteiger charge is 2.45. The molecule has 0 aliphatic carbocycles. The SMILES string of the molecule is [2H]c1c([2H])c2c(c([N+](=O)[O-])c1[2H])C(=O)N([C@H](CS(C)(=O)=O)c1ccc(OC)c(OCC)c1)C2=O. The molecule has 1 aliphatic rings. The molecule has 0 fully saturated rings. The fourth-order valence-corrected chi connectivity index (χ4v) is 4.21. The van der Waals surface area contributed by atoms with Gasteiger partial charge in [-0.25, -0.2) is 8.42 Å². The third-order valence-electron chi connectivity index (χ3n) is 4.55. The predicted molar refractivity (Wildman–Crippen MR) is 110 cm³/mol. The summed E-state index contributed by atoms with van der Waals surface area (Å²) in [7, 11) is -2.42. The first kappa shape index (κ1) is 18.3. The number of fused-ring (bicyclic) bond motifs is 1. The van der Waals surface area contributed by atoms with Gasteiger partial charge in [0.2, 0.25) is 0 Å². The number of carbonyl (C=O) groups is 2.